The van der Waals surface area contributed by atoms with Crippen LogP contribution >= 0.6 is 0 Å². The highest BCUT2D eigenvalue weighted by molar-refractivity contribution is 6.73. The van der Waals surface area contributed by atoms with E-state index in [0.29, 0.717) is 5.69 Å². The quantitative estimate of drug-likeness (QED) is 0.537. The molecule has 0 aromatic heterocycles. The lowest BCUT2D eigenvalue weighted by molar-refractivity contribution is -0.145. The van der Waals surface area contributed by atoms with Gasteiger partial charge in [0.1, 0.15) is 6.10 Å². The average molecular weight is 395 g/mol. The molecule has 0 aliphatic rings. The minimum Gasteiger partial charge on any atom is -0.479 e. The highest BCUT2D eigenvalue weighted by atomic mass is 28.4. The van der Waals surface area contributed by atoms with Crippen LogP contribution in [0.15, 0.2) is 18.2 Å². The van der Waals surface area contributed by atoms with Crippen molar-refractivity contribution >= 4 is 26.0 Å². The van der Waals surface area contributed by atoms with Crippen molar-refractivity contribution in [1.29, 1.82) is 0 Å². The number of nitrogens with one attached hydrogen (secondary N) is 1. The Morgan fingerprint density at radius 3 is 2.15 bits per heavy atom. The predicted molar refractivity (Wildman–Crippen MR) is 112 cm³/mol. The minimum absolute atomic E-state index is 0.184. The Hall–Kier alpha value is -1.86. The molecule has 1 aromatic carbocycles. The van der Waals surface area contributed by atoms with Crippen LogP contribution in [-0.4, -0.2) is 31.5 Å². The first-order valence-corrected chi connectivity index (χ1v) is 12.1. The zero-order valence-corrected chi connectivity index (χ0v) is 18.4. The van der Waals surface area contributed by atoms with Crippen molar-refractivity contribution in [3.63, 3.8) is 0 Å². The molecule has 0 aliphatic carbocycles. The fraction of sp³-hybridized carbons (Fsp3) is 0.600. The van der Waals surface area contributed by atoms with E-state index in [2.05, 4.69) is 26.1 Å². The second-order valence-electron chi connectivity index (χ2n) is 7.97. The fourth-order valence-electron chi connectivity index (χ4n) is 3.35. The molecule has 152 valence electrons. The topological polar surface area (TPSA) is 102 Å². The van der Waals surface area contributed by atoms with Gasteiger partial charge in [-0.3, -0.25) is 0 Å². The number of rotatable bonds is 9. The number of hydrogen-bond acceptors (Lipinski definition) is 3. The Morgan fingerprint density at radius 2 is 1.74 bits per heavy atom. The van der Waals surface area contributed by atoms with Crippen LogP contribution in [0, 0.1) is 0 Å². The first kappa shape index (κ1) is 23.2. The molecule has 0 saturated heterocycles. The number of carbonyl (C=O) groups is 2. The Balaban J connectivity index is 3.34. The first-order valence-electron chi connectivity index (χ1n) is 9.59. The lowest BCUT2D eigenvalue weighted by Crippen LogP contribution is -2.43. The average Bonchev–Trinajstić information content (AvgIpc) is 2.58. The number of carboxylic acids is 1. The van der Waals surface area contributed by atoms with Crippen molar-refractivity contribution in [3.8, 4) is 0 Å². The molecule has 0 bridgehead atoms. The van der Waals surface area contributed by atoms with Gasteiger partial charge in [0.2, 0.25) is 0 Å². The summed E-state index contributed by atoms with van der Waals surface area (Å²) in [4.78, 5) is 23.5. The minimum atomic E-state index is -2.09. The molecule has 0 heterocycles. The van der Waals surface area contributed by atoms with Gasteiger partial charge in [-0.25, -0.2) is 9.59 Å². The third-order valence-corrected chi connectivity index (χ3v) is 9.86. The number of amides is 2. The number of nitrogens with two attached hydrogens (primary N) is 1. The van der Waals surface area contributed by atoms with E-state index >= 15 is 0 Å². The SMILES string of the molecule is CC[Si](CC)(CC)OC(Cc1cccc(C(C)(C)C)c1NC(N)=O)C(=O)O. The van der Waals surface area contributed by atoms with Crippen molar-refractivity contribution in [2.75, 3.05) is 5.32 Å². The second-order valence-corrected chi connectivity index (χ2v) is 12.7. The third kappa shape index (κ3) is 6.07. The molecule has 0 spiro atoms. The number of para-hydroxylation sites is 1. The van der Waals surface area contributed by atoms with Crippen molar-refractivity contribution in [3.05, 3.63) is 29.3 Å². The molecule has 7 heteroatoms. The number of carbonyl (C=O) groups excluding carboxylic acids is 1. The molecule has 0 radical (unpaired) electrons. The van der Waals surface area contributed by atoms with Crippen LogP contribution in [0.3, 0.4) is 0 Å². The van der Waals surface area contributed by atoms with E-state index in [1.807, 2.05) is 39.0 Å². The summed E-state index contributed by atoms with van der Waals surface area (Å²) in [7, 11) is -2.09. The van der Waals surface area contributed by atoms with Gasteiger partial charge in [0, 0.05) is 12.1 Å². The maximum Gasteiger partial charge on any atom is 0.331 e. The van der Waals surface area contributed by atoms with E-state index < -0.39 is 26.4 Å². The number of hydrogen-bond donors (Lipinski definition) is 3. The zero-order chi connectivity index (χ0) is 20.8. The molecule has 0 saturated carbocycles. The first-order chi connectivity index (χ1) is 12.5. The molecular weight excluding hydrogens is 360 g/mol. The molecule has 27 heavy (non-hydrogen) atoms. The van der Waals surface area contributed by atoms with E-state index in [4.69, 9.17) is 10.2 Å². The Morgan fingerprint density at radius 1 is 1.19 bits per heavy atom. The van der Waals surface area contributed by atoms with Crippen LogP contribution in [0.5, 0.6) is 0 Å². The summed E-state index contributed by atoms with van der Waals surface area (Å²) in [5.74, 6) is -0.978. The van der Waals surface area contributed by atoms with Gasteiger partial charge in [0.25, 0.3) is 0 Å². The second kappa shape index (κ2) is 9.37. The fourth-order valence-corrected chi connectivity index (χ4v) is 6.13. The predicted octanol–water partition coefficient (Wildman–Crippen LogP) is 4.49. The highest BCUT2D eigenvalue weighted by Gasteiger charge is 2.35. The van der Waals surface area contributed by atoms with Crippen molar-refractivity contribution in [2.24, 2.45) is 5.73 Å². The summed E-state index contributed by atoms with van der Waals surface area (Å²) in [5.41, 5.74) is 7.36. The Bertz CT molecular complexity index is 658. The number of carboxylic acid groups (broad SMARTS) is 1. The molecule has 1 rings (SSSR count). The number of primary amides is 1. The summed E-state index contributed by atoms with van der Waals surface area (Å²) in [6, 6.07) is 7.58. The van der Waals surface area contributed by atoms with Gasteiger partial charge in [-0.2, -0.15) is 0 Å². The van der Waals surface area contributed by atoms with Gasteiger partial charge in [0.05, 0.1) is 0 Å². The molecule has 1 unspecified atom stereocenters. The van der Waals surface area contributed by atoms with E-state index in [1.54, 1.807) is 0 Å². The van der Waals surface area contributed by atoms with E-state index in [1.165, 1.54) is 0 Å². The van der Waals surface area contributed by atoms with Crippen molar-refractivity contribution < 1.29 is 19.1 Å². The lowest BCUT2D eigenvalue weighted by Gasteiger charge is -2.32. The van der Waals surface area contributed by atoms with Crippen LogP contribution in [0.2, 0.25) is 18.1 Å². The molecule has 2 amide bonds. The molecule has 0 aliphatic heterocycles. The number of aliphatic carboxylic acids is 1. The number of anilines is 1. The molecule has 1 aromatic rings. The summed E-state index contributed by atoms with van der Waals surface area (Å²) in [6.07, 6.45) is -0.760. The van der Waals surface area contributed by atoms with Crippen LogP contribution < -0.4 is 11.1 Å². The van der Waals surface area contributed by atoms with Gasteiger partial charge in [-0.05, 0) is 34.7 Å². The normalized spacial score (nSPS) is 13.3. The van der Waals surface area contributed by atoms with Gasteiger partial charge >= 0.3 is 12.0 Å². The van der Waals surface area contributed by atoms with Gasteiger partial charge in [-0.15, -0.1) is 0 Å². The Kier molecular flexibility index (Phi) is 8.04. The van der Waals surface area contributed by atoms with Gasteiger partial charge in [0.15, 0.2) is 8.32 Å². The van der Waals surface area contributed by atoms with E-state index in [-0.39, 0.29) is 11.8 Å². The number of urea groups is 1. The van der Waals surface area contributed by atoms with E-state index in [9.17, 15) is 14.7 Å². The molecule has 1 atom stereocenters. The van der Waals surface area contributed by atoms with E-state index in [0.717, 1.165) is 29.3 Å². The maximum atomic E-state index is 11.9. The summed E-state index contributed by atoms with van der Waals surface area (Å²) in [5, 5.41) is 12.5. The van der Waals surface area contributed by atoms with Crippen LogP contribution in [-0.2, 0) is 21.1 Å². The van der Waals surface area contributed by atoms with Crippen LogP contribution in [0.4, 0.5) is 10.5 Å². The summed E-state index contributed by atoms with van der Waals surface area (Å²) >= 11 is 0. The number of benzene rings is 1. The summed E-state index contributed by atoms with van der Waals surface area (Å²) in [6.45, 7) is 12.3. The highest BCUT2D eigenvalue weighted by Crippen LogP contribution is 2.34. The van der Waals surface area contributed by atoms with Gasteiger partial charge in [-0.1, -0.05) is 59.7 Å². The van der Waals surface area contributed by atoms with Crippen LogP contribution in [0.1, 0.15) is 52.7 Å². The molecular formula is C20H34N2O4Si. The maximum absolute atomic E-state index is 11.9. The smallest absolute Gasteiger partial charge is 0.331 e. The standard InChI is InChI=1S/C20H34N2O4Si/c1-7-27(8-2,9-3)26-16(18(23)24)13-14-11-10-12-15(20(4,5)6)17(14)22-19(21)25/h10-12,16H,7-9,13H2,1-6H3,(H,23,24)(H3,21,22,25). The van der Waals surface area contributed by atoms with Crippen molar-refractivity contribution in [2.45, 2.75) is 77.6 Å². The Labute approximate surface area is 163 Å². The molecule has 4 N–H and O–H groups in total. The summed E-state index contributed by atoms with van der Waals surface area (Å²) < 4.78 is 6.23. The van der Waals surface area contributed by atoms with Gasteiger partial charge < -0.3 is 20.6 Å². The molecule has 0 fully saturated rings. The molecule has 6 nitrogen and oxygen atoms in total. The third-order valence-electron chi connectivity index (χ3n) is 5.21. The largest absolute Gasteiger partial charge is 0.479 e. The van der Waals surface area contributed by atoms with Crippen molar-refractivity contribution in [1.82, 2.24) is 0 Å². The van der Waals surface area contributed by atoms with Crippen LogP contribution in [0.25, 0.3) is 0 Å². The zero-order valence-electron chi connectivity index (χ0n) is 17.4. The lowest BCUT2D eigenvalue weighted by atomic mass is 9.83. The monoisotopic (exact) mass is 394 g/mol.